The first-order valence-electron chi connectivity index (χ1n) is 15.0. The van der Waals surface area contributed by atoms with Crippen molar-refractivity contribution in [2.75, 3.05) is 18.6 Å². The molecule has 3 atom stereocenters. The molecule has 0 radical (unpaired) electrons. The normalized spacial score (nSPS) is 13.4. The molecule has 46 heavy (non-hydrogen) atoms. The van der Waals surface area contributed by atoms with Crippen molar-refractivity contribution in [3.05, 3.63) is 65.2 Å². The van der Waals surface area contributed by atoms with Crippen LogP contribution < -0.4 is 10.6 Å². The number of nitrogens with one attached hydrogen (secondary N) is 2. The van der Waals surface area contributed by atoms with Crippen LogP contribution >= 0.6 is 11.8 Å². The summed E-state index contributed by atoms with van der Waals surface area (Å²) in [6.07, 6.45) is 1.32. The number of esters is 1. The fourth-order valence-corrected chi connectivity index (χ4v) is 4.98. The van der Waals surface area contributed by atoms with Gasteiger partial charge in [-0.1, -0.05) is 36.4 Å². The number of ether oxygens (including phenoxy) is 2. The minimum atomic E-state index is -1.41. The zero-order valence-electron chi connectivity index (χ0n) is 27.9. The van der Waals surface area contributed by atoms with Crippen molar-refractivity contribution in [2.24, 2.45) is 0 Å². The largest absolute Gasteiger partial charge is 0.508 e. The second-order valence-corrected chi connectivity index (χ2v) is 13.8. The van der Waals surface area contributed by atoms with E-state index in [0.29, 0.717) is 16.9 Å². The Balaban J connectivity index is 2.61. The van der Waals surface area contributed by atoms with E-state index in [1.54, 1.807) is 48.5 Å². The zero-order chi connectivity index (χ0) is 34.7. The van der Waals surface area contributed by atoms with Crippen LogP contribution in [-0.4, -0.2) is 75.7 Å². The van der Waals surface area contributed by atoms with E-state index in [9.17, 15) is 29.5 Å². The second kappa shape index (κ2) is 16.9. The molecule has 11 nitrogen and oxygen atoms in total. The molecule has 2 rings (SSSR count). The lowest BCUT2D eigenvalue weighted by Crippen LogP contribution is -2.55. The zero-order valence-corrected chi connectivity index (χ0v) is 28.7. The lowest BCUT2D eigenvalue weighted by molar-refractivity contribution is -0.159. The molecule has 3 N–H and O–H groups in total. The maximum atomic E-state index is 14.3. The highest BCUT2D eigenvalue weighted by Gasteiger charge is 2.38. The number of rotatable bonds is 13. The van der Waals surface area contributed by atoms with Gasteiger partial charge in [0.15, 0.2) is 0 Å². The molecule has 12 heteroatoms. The topological polar surface area (TPSA) is 158 Å². The predicted octanol–water partition coefficient (Wildman–Crippen LogP) is 4.81. The lowest BCUT2D eigenvalue weighted by Gasteiger charge is -2.34. The average molecular weight is 655 g/mol. The van der Waals surface area contributed by atoms with Crippen LogP contribution in [0.25, 0.3) is 0 Å². The molecule has 0 bridgehead atoms. The monoisotopic (exact) mass is 654 g/mol. The van der Waals surface area contributed by atoms with Crippen LogP contribution in [0.4, 0.5) is 4.79 Å². The van der Waals surface area contributed by atoms with Crippen molar-refractivity contribution in [1.29, 1.82) is 5.26 Å². The van der Waals surface area contributed by atoms with Crippen molar-refractivity contribution >= 4 is 35.6 Å². The van der Waals surface area contributed by atoms with E-state index in [1.165, 1.54) is 30.0 Å². The van der Waals surface area contributed by atoms with Gasteiger partial charge in [0.25, 0.3) is 0 Å². The third kappa shape index (κ3) is 12.3. The Morgan fingerprint density at radius 2 is 1.59 bits per heavy atom. The highest BCUT2D eigenvalue weighted by Crippen LogP contribution is 2.28. The summed E-state index contributed by atoms with van der Waals surface area (Å²) < 4.78 is 11.0. The first kappa shape index (κ1) is 37.9. The van der Waals surface area contributed by atoms with Crippen LogP contribution in [0.1, 0.15) is 70.7 Å². The number of aryl methyl sites for hydroxylation is 1. The van der Waals surface area contributed by atoms with Gasteiger partial charge in [0.1, 0.15) is 41.6 Å². The van der Waals surface area contributed by atoms with Crippen molar-refractivity contribution in [2.45, 2.75) is 90.6 Å². The highest BCUT2D eigenvalue weighted by atomic mass is 32.2. The van der Waals surface area contributed by atoms with Crippen molar-refractivity contribution in [3.8, 4) is 11.8 Å². The molecule has 0 fully saturated rings. The van der Waals surface area contributed by atoms with Crippen LogP contribution in [-0.2, 0) is 30.3 Å². The van der Waals surface area contributed by atoms with Crippen LogP contribution in [0.15, 0.2) is 48.5 Å². The Labute approximate surface area is 276 Å². The van der Waals surface area contributed by atoms with Gasteiger partial charge in [-0.3, -0.25) is 9.59 Å². The number of hydrogen-bond donors (Lipinski definition) is 3. The molecule has 250 valence electrons. The fourth-order valence-electron chi connectivity index (χ4n) is 4.50. The molecule has 0 saturated carbocycles. The molecule has 0 heterocycles. The van der Waals surface area contributed by atoms with E-state index in [2.05, 4.69) is 10.6 Å². The number of nitrogens with zero attached hydrogens (tertiary/aromatic N) is 2. The molecule has 0 aliphatic rings. The molecular formula is C34H46N4O7S. The minimum absolute atomic E-state index is 0.0267. The number of carbonyl (C=O) groups excluding carboxylic acids is 4. The summed E-state index contributed by atoms with van der Waals surface area (Å²) in [5, 5.41) is 25.4. The van der Waals surface area contributed by atoms with Gasteiger partial charge >= 0.3 is 12.1 Å². The first-order valence-corrected chi connectivity index (χ1v) is 16.4. The number of phenolic OH excluding ortho intramolecular Hbond substituents is 1. The van der Waals surface area contributed by atoms with Crippen molar-refractivity contribution in [1.82, 2.24) is 15.5 Å². The summed E-state index contributed by atoms with van der Waals surface area (Å²) in [5.41, 5.74) is -0.187. The Kier molecular flexibility index (Phi) is 13.9. The summed E-state index contributed by atoms with van der Waals surface area (Å²) in [6, 6.07) is 11.8. The third-order valence-electron chi connectivity index (χ3n) is 6.51. The number of alkyl carbamates (subject to hydrolysis) is 1. The van der Waals surface area contributed by atoms with Gasteiger partial charge < -0.3 is 30.1 Å². The van der Waals surface area contributed by atoms with Gasteiger partial charge in [0.2, 0.25) is 11.8 Å². The minimum Gasteiger partial charge on any atom is -0.508 e. The number of aromatic hydroxyl groups is 1. The van der Waals surface area contributed by atoms with Gasteiger partial charge in [0, 0.05) is 6.42 Å². The number of carbonyl (C=O) groups is 4. The maximum absolute atomic E-state index is 14.3. The molecule has 0 aliphatic carbocycles. The molecule has 0 aliphatic heterocycles. The van der Waals surface area contributed by atoms with Gasteiger partial charge in [0.05, 0.1) is 6.07 Å². The van der Waals surface area contributed by atoms with Gasteiger partial charge in [-0.2, -0.15) is 17.0 Å². The van der Waals surface area contributed by atoms with Crippen LogP contribution in [0.5, 0.6) is 5.75 Å². The van der Waals surface area contributed by atoms with Crippen LogP contribution in [0.2, 0.25) is 0 Å². The SMILES string of the molecule is CSCCC(NC(=O)OC(C)(C)C)C(=O)N(CC#N)C(C(=O)NC(Cc1ccccc1)C(=O)OC(C)(C)C)c1ccc(O)c(C)c1. The van der Waals surface area contributed by atoms with Crippen LogP contribution in [0, 0.1) is 18.3 Å². The molecule has 2 aromatic rings. The third-order valence-corrected chi connectivity index (χ3v) is 7.15. The maximum Gasteiger partial charge on any atom is 0.408 e. The van der Waals surface area contributed by atoms with Gasteiger partial charge in [-0.15, -0.1) is 0 Å². The Bertz CT molecular complexity index is 1400. The quantitative estimate of drug-likeness (QED) is 0.204. The fraction of sp³-hybridized carbons (Fsp3) is 0.500. The van der Waals surface area contributed by atoms with Gasteiger partial charge in [-0.05, 0) is 95.7 Å². The number of phenols is 1. The van der Waals surface area contributed by atoms with Gasteiger partial charge in [-0.25, -0.2) is 9.59 Å². The van der Waals surface area contributed by atoms with Crippen molar-refractivity contribution < 1.29 is 33.8 Å². The number of benzene rings is 2. The first-order chi connectivity index (χ1) is 21.5. The Hall–Kier alpha value is -4.24. The summed E-state index contributed by atoms with van der Waals surface area (Å²) in [7, 11) is 0. The van der Waals surface area contributed by atoms with E-state index in [4.69, 9.17) is 9.47 Å². The highest BCUT2D eigenvalue weighted by molar-refractivity contribution is 7.98. The standard InChI is InChI=1S/C34H46N4O7S/c1-22-20-24(14-15-27(22)39)28(29(40)36-26(31(42)44-33(2,3)4)21-23-12-10-9-11-13-23)38(18-17-35)30(41)25(16-19-46-8)37-32(43)45-34(5,6)7/h9-15,20,25-26,28,39H,16,18-19,21H2,1-8H3,(H,36,40)(H,37,43). The van der Waals surface area contributed by atoms with E-state index >= 15 is 0 Å². The van der Waals surface area contributed by atoms with E-state index in [0.717, 1.165) is 10.5 Å². The summed E-state index contributed by atoms with van der Waals surface area (Å²) in [5.74, 6) is -1.65. The number of amides is 3. The van der Waals surface area contributed by atoms with E-state index < -0.39 is 59.7 Å². The molecule has 0 spiro atoms. The number of thioether (sulfide) groups is 1. The Morgan fingerprint density at radius 1 is 0.957 bits per heavy atom. The predicted molar refractivity (Wildman–Crippen MR) is 177 cm³/mol. The summed E-state index contributed by atoms with van der Waals surface area (Å²) in [6.45, 7) is 11.3. The molecular weight excluding hydrogens is 608 g/mol. The summed E-state index contributed by atoms with van der Waals surface area (Å²) >= 11 is 1.46. The van der Waals surface area contributed by atoms with Crippen molar-refractivity contribution in [3.63, 3.8) is 0 Å². The van der Waals surface area contributed by atoms with E-state index in [-0.39, 0.29) is 18.6 Å². The molecule has 3 amide bonds. The molecule has 3 unspecified atom stereocenters. The second-order valence-electron chi connectivity index (χ2n) is 12.8. The molecule has 0 aromatic heterocycles. The number of nitriles is 1. The van der Waals surface area contributed by atoms with Crippen LogP contribution in [0.3, 0.4) is 0 Å². The Morgan fingerprint density at radius 3 is 2.13 bits per heavy atom. The molecule has 2 aromatic carbocycles. The summed E-state index contributed by atoms with van der Waals surface area (Å²) in [4.78, 5) is 55.7. The lowest BCUT2D eigenvalue weighted by atomic mass is 9.99. The smallest absolute Gasteiger partial charge is 0.408 e. The molecule has 0 saturated heterocycles. The number of hydrogen-bond acceptors (Lipinski definition) is 9. The van der Waals surface area contributed by atoms with E-state index in [1.807, 2.05) is 42.7 Å². The average Bonchev–Trinajstić information content (AvgIpc) is 2.94.